The minimum Gasteiger partial charge on any atom is -0.497 e. The molecule has 0 aliphatic heterocycles. The topological polar surface area (TPSA) is 30.5 Å². The molecule has 1 aromatic carbocycles. The van der Waals surface area contributed by atoms with Crippen molar-refractivity contribution in [3.05, 3.63) is 23.8 Å². The van der Waals surface area contributed by atoms with Crippen LogP contribution < -0.4 is 14.8 Å². The molecule has 0 aromatic heterocycles. The van der Waals surface area contributed by atoms with Crippen molar-refractivity contribution >= 4 is 0 Å². The summed E-state index contributed by atoms with van der Waals surface area (Å²) in [5, 5.41) is 3.39. The molecule has 1 rings (SSSR count). The maximum Gasteiger partial charge on any atom is 0.127 e. The quantitative estimate of drug-likeness (QED) is 0.842. The van der Waals surface area contributed by atoms with Gasteiger partial charge in [-0.3, -0.25) is 0 Å². The van der Waals surface area contributed by atoms with Gasteiger partial charge in [0.05, 0.1) is 14.2 Å². The summed E-state index contributed by atoms with van der Waals surface area (Å²) in [4.78, 5) is 0. The number of benzene rings is 1. The molecule has 0 heterocycles. The van der Waals surface area contributed by atoms with E-state index >= 15 is 0 Å². The molecule has 1 aromatic rings. The number of ether oxygens (including phenoxy) is 2. The van der Waals surface area contributed by atoms with E-state index in [2.05, 4.69) is 32.2 Å². The highest BCUT2D eigenvalue weighted by Gasteiger charge is 2.23. The Morgan fingerprint density at radius 1 is 1.06 bits per heavy atom. The minimum absolute atomic E-state index is 0.283. The van der Waals surface area contributed by atoms with Crippen LogP contribution in [0.3, 0.4) is 0 Å². The lowest BCUT2D eigenvalue weighted by Crippen LogP contribution is -2.27. The molecule has 0 radical (unpaired) electrons. The SMILES string of the molecule is CNC(c1ccc(OC)cc1OC)C(C)C(C)C. The van der Waals surface area contributed by atoms with Gasteiger partial charge in [0.2, 0.25) is 0 Å². The Balaban J connectivity index is 3.12. The van der Waals surface area contributed by atoms with E-state index in [9.17, 15) is 0 Å². The van der Waals surface area contributed by atoms with Crippen molar-refractivity contribution in [1.82, 2.24) is 5.32 Å². The van der Waals surface area contributed by atoms with E-state index in [1.165, 1.54) is 5.56 Å². The first-order chi connectivity index (χ1) is 8.54. The van der Waals surface area contributed by atoms with Crippen molar-refractivity contribution in [3.8, 4) is 11.5 Å². The van der Waals surface area contributed by atoms with Crippen molar-refractivity contribution < 1.29 is 9.47 Å². The highest BCUT2D eigenvalue weighted by molar-refractivity contribution is 5.42. The lowest BCUT2D eigenvalue weighted by molar-refractivity contribution is 0.305. The molecule has 0 fully saturated rings. The van der Waals surface area contributed by atoms with E-state index in [1.54, 1.807) is 14.2 Å². The molecule has 0 spiro atoms. The molecule has 0 saturated heterocycles. The second-order valence-corrected chi connectivity index (χ2v) is 4.98. The average molecular weight is 251 g/mol. The van der Waals surface area contributed by atoms with Crippen LogP contribution in [0.15, 0.2) is 18.2 Å². The highest BCUT2D eigenvalue weighted by Crippen LogP contribution is 2.35. The first kappa shape index (κ1) is 14.8. The third kappa shape index (κ3) is 3.16. The summed E-state index contributed by atoms with van der Waals surface area (Å²) >= 11 is 0. The molecule has 1 N–H and O–H groups in total. The second kappa shape index (κ2) is 6.64. The molecule has 0 aliphatic rings. The first-order valence-electron chi connectivity index (χ1n) is 6.44. The van der Waals surface area contributed by atoms with Gasteiger partial charge in [-0.15, -0.1) is 0 Å². The molecule has 3 heteroatoms. The molecule has 2 unspecified atom stereocenters. The van der Waals surface area contributed by atoms with E-state index in [0.29, 0.717) is 11.8 Å². The summed E-state index contributed by atoms with van der Waals surface area (Å²) in [6, 6.07) is 6.28. The lowest BCUT2D eigenvalue weighted by Gasteiger charge is -2.28. The standard InChI is InChI=1S/C15H25NO2/c1-10(2)11(3)15(16-4)13-8-7-12(17-5)9-14(13)18-6/h7-11,15-16H,1-6H3. The van der Waals surface area contributed by atoms with Crippen LogP contribution in [0.2, 0.25) is 0 Å². The van der Waals surface area contributed by atoms with Gasteiger partial charge in [0, 0.05) is 17.7 Å². The van der Waals surface area contributed by atoms with Gasteiger partial charge in [0.15, 0.2) is 0 Å². The van der Waals surface area contributed by atoms with Crippen LogP contribution in [0, 0.1) is 11.8 Å². The molecule has 0 saturated carbocycles. The zero-order valence-corrected chi connectivity index (χ0v) is 12.3. The lowest BCUT2D eigenvalue weighted by atomic mass is 9.86. The van der Waals surface area contributed by atoms with Crippen LogP contribution >= 0.6 is 0 Å². The number of rotatable bonds is 6. The summed E-state index contributed by atoms with van der Waals surface area (Å²) < 4.78 is 10.7. The highest BCUT2D eigenvalue weighted by atomic mass is 16.5. The van der Waals surface area contributed by atoms with Gasteiger partial charge in [-0.2, -0.15) is 0 Å². The number of hydrogen-bond donors (Lipinski definition) is 1. The average Bonchev–Trinajstić information content (AvgIpc) is 2.39. The summed E-state index contributed by atoms with van der Waals surface area (Å²) in [7, 11) is 5.36. The number of hydrogen-bond acceptors (Lipinski definition) is 3. The van der Waals surface area contributed by atoms with Gasteiger partial charge in [-0.25, -0.2) is 0 Å². The van der Waals surface area contributed by atoms with Gasteiger partial charge < -0.3 is 14.8 Å². The number of methoxy groups -OCH3 is 2. The van der Waals surface area contributed by atoms with E-state index < -0.39 is 0 Å². The predicted molar refractivity (Wildman–Crippen MR) is 75.3 cm³/mol. The first-order valence-corrected chi connectivity index (χ1v) is 6.44. The van der Waals surface area contributed by atoms with E-state index in [4.69, 9.17) is 9.47 Å². The molecule has 0 aliphatic carbocycles. The fourth-order valence-corrected chi connectivity index (χ4v) is 2.16. The summed E-state index contributed by atoms with van der Waals surface area (Å²) in [5.41, 5.74) is 1.18. The van der Waals surface area contributed by atoms with Crippen LogP contribution in [0.25, 0.3) is 0 Å². The second-order valence-electron chi connectivity index (χ2n) is 4.98. The predicted octanol–water partition coefficient (Wildman–Crippen LogP) is 3.26. The Morgan fingerprint density at radius 2 is 1.72 bits per heavy atom. The largest absolute Gasteiger partial charge is 0.497 e. The van der Waals surface area contributed by atoms with Crippen LogP contribution in [-0.2, 0) is 0 Å². The van der Waals surface area contributed by atoms with E-state index in [1.807, 2.05) is 19.2 Å². The third-order valence-electron chi connectivity index (χ3n) is 3.66. The normalized spacial score (nSPS) is 14.4. The van der Waals surface area contributed by atoms with Crippen molar-refractivity contribution in [2.75, 3.05) is 21.3 Å². The van der Waals surface area contributed by atoms with Gasteiger partial charge >= 0.3 is 0 Å². The fourth-order valence-electron chi connectivity index (χ4n) is 2.16. The van der Waals surface area contributed by atoms with Gasteiger partial charge in [-0.05, 0) is 24.9 Å². The maximum atomic E-state index is 5.48. The Labute approximate surface area is 110 Å². The Hall–Kier alpha value is -1.22. The smallest absolute Gasteiger partial charge is 0.127 e. The summed E-state index contributed by atoms with van der Waals surface area (Å²) in [6.45, 7) is 6.74. The van der Waals surface area contributed by atoms with Crippen molar-refractivity contribution in [1.29, 1.82) is 0 Å². The maximum absolute atomic E-state index is 5.48. The van der Waals surface area contributed by atoms with Crippen LogP contribution in [0.1, 0.15) is 32.4 Å². The molecule has 0 amide bonds. The minimum atomic E-state index is 0.283. The van der Waals surface area contributed by atoms with Crippen molar-refractivity contribution in [2.24, 2.45) is 11.8 Å². The molecule has 2 atom stereocenters. The molecule has 3 nitrogen and oxygen atoms in total. The van der Waals surface area contributed by atoms with Gasteiger partial charge in [-0.1, -0.05) is 26.8 Å². The van der Waals surface area contributed by atoms with E-state index in [0.717, 1.165) is 11.5 Å². The Morgan fingerprint density at radius 3 is 2.17 bits per heavy atom. The Bertz CT molecular complexity index is 377. The molecular weight excluding hydrogens is 226 g/mol. The van der Waals surface area contributed by atoms with Crippen LogP contribution in [-0.4, -0.2) is 21.3 Å². The molecule has 0 bridgehead atoms. The van der Waals surface area contributed by atoms with Gasteiger partial charge in [0.1, 0.15) is 11.5 Å². The van der Waals surface area contributed by atoms with Crippen LogP contribution in [0.4, 0.5) is 0 Å². The summed E-state index contributed by atoms with van der Waals surface area (Å²) in [6.07, 6.45) is 0. The monoisotopic (exact) mass is 251 g/mol. The number of nitrogens with one attached hydrogen (secondary N) is 1. The van der Waals surface area contributed by atoms with Crippen molar-refractivity contribution in [3.63, 3.8) is 0 Å². The zero-order chi connectivity index (χ0) is 13.7. The van der Waals surface area contributed by atoms with Crippen LogP contribution in [0.5, 0.6) is 11.5 Å². The van der Waals surface area contributed by atoms with Gasteiger partial charge in [0.25, 0.3) is 0 Å². The third-order valence-corrected chi connectivity index (χ3v) is 3.66. The van der Waals surface area contributed by atoms with Crippen molar-refractivity contribution in [2.45, 2.75) is 26.8 Å². The molecule has 18 heavy (non-hydrogen) atoms. The Kier molecular flexibility index (Phi) is 5.48. The fraction of sp³-hybridized carbons (Fsp3) is 0.600. The molecular formula is C15H25NO2. The summed E-state index contributed by atoms with van der Waals surface area (Å²) in [5.74, 6) is 2.83. The van der Waals surface area contributed by atoms with E-state index in [-0.39, 0.29) is 6.04 Å². The zero-order valence-electron chi connectivity index (χ0n) is 12.3. The molecule has 102 valence electrons.